The van der Waals surface area contributed by atoms with Crippen molar-refractivity contribution in [2.75, 3.05) is 11.2 Å². The first-order chi connectivity index (χ1) is 11.3. The Hall–Kier alpha value is -2.47. The van der Waals surface area contributed by atoms with Gasteiger partial charge in [-0.3, -0.25) is 14.5 Å². The quantitative estimate of drug-likeness (QED) is 0.800. The number of Topliss-reactive ketones (excluding diaryl/α,β-unsaturated/α-hetero) is 1. The van der Waals surface area contributed by atoms with Gasteiger partial charge in [-0.1, -0.05) is 48.0 Å². The van der Waals surface area contributed by atoms with Crippen molar-refractivity contribution in [3.8, 4) is 0 Å². The third kappa shape index (κ3) is 2.73. The third-order valence-corrected chi connectivity index (χ3v) is 5.56. The number of amides is 1. The van der Waals surface area contributed by atoms with Crippen LogP contribution >= 0.6 is 0 Å². The molecule has 2 unspecified atom stereocenters. The van der Waals surface area contributed by atoms with E-state index in [1.54, 1.807) is 42.5 Å². The van der Waals surface area contributed by atoms with Crippen molar-refractivity contribution in [3.63, 3.8) is 0 Å². The Morgan fingerprint density at radius 3 is 2.04 bits per heavy atom. The molecular weight excluding hydrogens is 326 g/mol. The van der Waals surface area contributed by atoms with Crippen LogP contribution < -0.4 is 4.90 Å². The first kappa shape index (κ1) is 16.4. The van der Waals surface area contributed by atoms with Crippen LogP contribution in [0.25, 0.3) is 0 Å². The zero-order chi connectivity index (χ0) is 17.5. The fraction of sp³-hybridized carbons (Fsp3) is 0.222. The number of carbonyl (C=O) groups is 2. The molecule has 0 aromatic heterocycles. The zero-order valence-corrected chi connectivity index (χ0v) is 14.2. The fourth-order valence-electron chi connectivity index (χ4n) is 3.03. The number of aryl methyl sites for hydroxylation is 1. The highest BCUT2D eigenvalue weighted by molar-refractivity contribution is 7.92. The van der Waals surface area contributed by atoms with Gasteiger partial charge in [-0.2, -0.15) is 0 Å². The van der Waals surface area contributed by atoms with Crippen LogP contribution in [0.3, 0.4) is 0 Å². The van der Waals surface area contributed by atoms with Gasteiger partial charge in [0.25, 0.3) is 5.91 Å². The predicted molar refractivity (Wildman–Crippen MR) is 91.5 cm³/mol. The summed E-state index contributed by atoms with van der Waals surface area (Å²) in [6.45, 7) is 1.91. The minimum Gasteiger partial charge on any atom is -0.296 e. The lowest BCUT2D eigenvalue weighted by molar-refractivity contribution is -0.133. The van der Waals surface area contributed by atoms with E-state index in [0.717, 1.165) is 11.8 Å². The Bertz CT molecular complexity index is 888. The summed E-state index contributed by atoms with van der Waals surface area (Å²) >= 11 is 0. The zero-order valence-electron chi connectivity index (χ0n) is 13.3. The van der Waals surface area contributed by atoms with E-state index in [1.165, 1.54) is 4.90 Å². The van der Waals surface area contributed by atoms with E-state index >= 15 is 0 Å². The van der Waals surface area contributed by atoms with Crippen LogP contribution in [0, 0.1) is 6.92 Å². The molecule has 0 N–H and O–H groups in total. The van der Waals surface area contributed by atoms with E-state index in [9.17, 15) is 18.0 Å². The smallest absolute Gasteiger partial charge is 0.296 e. The van der Waals surface area contributed by atoms with E-state index < -0.39 is 32.8 Å². The molecule has 0 aliphatic carbocycles. The summed E-state index contributed by atoms with van der Waals surface area (Å²) in [5.74, 6) is -1.67. The highest BCUT2D eigenvalue weighted by Crippen LogP contribution is 2.38. The van der Waals surface area contributed by atoms with E-state index in [1.807, 2.05) is 19.1 Å². The Labute approximate surface area is 140 Å². The van der Waals surface area contributed by atoms with E-state index in [2.05, 4.69) is 0 Å². The van der Waals surface area contributed by atoms with Gasteiger partial charge in [-0.15, -0.1) is 0 Å². The second-order valence-corrected chi connectivity index (χ2v) is 8.15. The molecule has 2 atom stereocenters. The SMILES string of the molecule is Cc1ccc(C2C(S(C)(=O)=O)C(=O)C(=O)N2c2ccccc2)cc1. The summed E-state index contributed by atoms with van der Waals surface area (Å²) < 4.78 is 24.4. The summed E-state index contributed by atoms with van der Waals surface area (Å²) in [7, 11) is -3.75. The molecule has 5 nitrogen and oxygen atoms in total. The predicted octanol–water partition coefficient (Wildman–Crippen LogP) is 2.07. The normalized spacial score (nSPS) is 21.3. The van der Waals surface area contributed by atoms with Crippen LogP contribution in [0.1, 0.15) is 17.2 Å². The molecule has 0 spiro atoms. The second-order valence-electron chi connectivity index (χ2n) is 5.98. The summed E-state index contributed by atoms with van der Waals surface area (Å²) in [5, 5.41) is -1.40. The third-order valence-electron chi connectivity index (χ3n) is 4.17. The number of ketones is 1. The van der Waals surface area contributed by atoms with Crippen LogP contribution in [0.5, 0.6) is 0 Å². The Kier molecular flexibility index (Phi) is 4.01. The standard InChI is InChI=1S/C18H17NO4S/c1-12-8-10-13(11-9-12)15-17(24(2,22)23)16(20)18(21)19(15)14-6-4-3-5-7-14/h3-11,15,17H,1-2H3. The molecule has 0 saturated carbocycles. The molecule has 2 aromatic rings. The highest BCUT2D eigenvalue weighted by Gasteiger charge is 2.53. The maximum Gasteiger partial charge on any atom is 0.296 e. The Morgan fingerprint density at radius 2 is 1.50 bits per heavy atom. The average Bonchev–Trinajstić information content (AvgIpc) is 2.81. The van der Waals surface area contributed by atoms with Crippen molar-refractivity contribution >= 4 is 27.2 Å². The maximum absolute atomic E-state index is 12.5. The van der Waals surface area contributed by atoms with Crippen LogP contribution in [-0.4, -0.2) is 31.6 Å². The van der Waals surface area contributed by atoms with Gasteiger partial charge in [-0.05, 0) is 24.6 Å². The molecule has 1 aliphatic rings. The molecule has 1 heterocycles. The largest absolute Gasteiger partial charge is 0.296 e. The van der Waals surface area contributed by atoms with Gasteiger partial charge in [-0.25, -0.2) is 8.42 Å². The molecule has 0 bridgehead atoms. The van der Waals surface area contributed by atoms with Gasteiger partial charge in [0.15, 0.2) is 15.1 Å². The van der Waals surface area contributed by atoms with E-state index in [-0.39, 0.29) is 0 Å². The lowest BCUT2D eigenvalue weighted by Gasteiger charge is -2.27. The van der Waals surface area contributed by atoms with Crippen molar-refractivity contribution in [1.82, 2.24) is 0 Å². The van der Waals surface area contributed by atoms with Gasteiger partial charge in [0, 0.05) is 11.9 Å². The summed E-state index contributed by atoms with van der Waals surface area (Å²) in [6, 6.07) is 15.0. The first-order valence-electron chi connectivity index (χ1n) is 7.48. The lowest BCUT2D eigenvalue weighted by atomic mass is 10.0. The van der Waals surface area contributed by atoms with Crippen molar-refractivity contribution < 1.29 is 18.0 Å². The van der Waals surface area contributed by atoms with Gasteiger partial charge in [0.2, 0.25) is 5.78 Å². The summed E-state index contributed by atoms with van der Waals surface area (Å²) in [5.41, 5.74) is 2.14. The summed E-state index contributed by atoms with van der Waals surface area (Å²) in [4.78, 5) is 26.2. The molecule has 1 aliphatic heterocycles. The molecule has 1 amide bonds. The first-order valence-corrected chi connectivity index (χ1v) is 9.44. The number of nitrogens with zero attached hydrogens (tertiary/aromatic N) is 1. The molecule has 24 heavy (non-hydrogen) atoms. The number of rotatable bonds is 3. The fourth-order valence-corrected chi connectivity index (χ4v) is 4.26. The molecule has 0 radical (unpaired) electrons. The number of carbonyl (C=O) groups excluding carboxylic acids is 2. The topological polar surface area (TPSA) is 71.5 Å². The maximum atomic E-state index is 12.5. The Balaban J connectivity index is 2.21. The highest BCUT2D eigenvalue weighted by atomic mass is 32.2. The number of hydrogen-bond donors (Lipinski definition) is 0. The van der Waals surface area contributed by atoms with Gasteiger partial charge >= 0.3 is 0 Å². The van der Waals surface area contributed by atoms with Gasteiger partial charge in [0.1, 0.15) is 0 Å². The van der Waals surface area contributed by atoms with E-state index in [0.29, 0.717) is 11.3 Å². The summed E-state index contributed by atoms with van der Waals surface area (Å²) in [6.07, 6.45) is 0.999. The molecule has 1 fully saturated rings. The van der Waals surface area contributed by atoms with Crippen LogP contribution in [0.4, 0.5) is 5.69 Å². The molecular formula is C18H17NO4S. The van der Waals surface area contributed by atoms with E-state index in [4.69, 9.17) is 0 Å². The van der Waals surface area contributed by atoms with Crippen molar-refractivity contribution in [1.29, 1.82) is 0 Å². The number of anilines is 1. The van der Waals surface area contributed by atoms with Crippen LogP contribution in [0.15, 0.2) is 54.6 Å². The van der Waals surface area contributed by atoms with Crippen molar-refractivity contribution in [2.45, 2.75) is 18.2 Å². The minimum atomic E-state index is -3.75. The molecule has 1 saturated heterocycles. The molecule has 124 valence electrons. The molecule has 6 heteroatoms. The number of para-hydroxylation sites is 1. The average molecular weight is 343 g/mol. The number of sulfone groups is 1. The number of benzene rings is 2. The second kappa shape index (κ2) is 5.87. The molecule has 2 aromatic carbocycles. The monoisotopic (exact) mass is 343 g/mol. The van der Waals surface area contributed by atoms with Crippen molar-refractivity contribution in [2.24, 2.45) is 0 Å². The lowest BCUT2D eigenvalue weighted by Crippen LogP contribution is -2.33. The molecule has 3 rings (SSSR count). The Morgan fingerprint density at radius 1 is 0.917 bits per heavy atom. The van der Waals surface area contributed by atoms with Crippen molar-refractivity contribution in [3.05, 3.63) is 65.7 Å². The van der Waals surface area contributed by atoms with Crippen LogP contribution in [0.2, 0.25) is 0 Å². The van der Waals surface area contributed by atoms with Crippen LogP contribution in [-0.2, 0) is 19.4 Å². The minimum absolute atomic E-state index is 0.507. The van der Waals surface area contributed by atoms with Gasteiger partial charge in [0.05, 0.1) is 6.04 Å². The number of hydrogen-bond acceptors (Lipinski definition) is 4. The van der Waals surface area contributed by atoms with Gasteiger partial charge < -0.3 is 0 Å².